The van der Waals surface area contributed by atoms with Gasteiger partial charge in [0, 0.05) is 25.5 Å². The third kappa shape index (κ3) is 23.8. The van der Waals surface area contributed by atoms with Gasteiger partial charge in [-0.3, -0.25) is 0 Å². The Labute approximate surface area is 267 Å². The molecule has 0 aliphatic carbocycles. The van der Waals surface area contributed by atoms with Crippen molar-refractivity contribution in [1.82, 2.24) is 9.80 Å². The number of nitrogens with zero attached hydrogens (tertiary/aromatic N) is 2. The normalized spacial score (nSPS) is 15.0. The van der Waals surface area contributed by atoms with Crippen molar-refractivity contribution in [2.45, 2.75) is 232 Å². The maximum atomic E-state index is 2.71. The van der Waals surface area contributed by atoms with E-state index >= 15 is 0 Å². The quantitative estimate of drug-likeness (QED) is 0.0690. The Balaban J connectivity index is 2.15. The summed E-state index contributed by atoms with van der Waals surface area (Å²) in [7, 11) is 0. The Morgan fingerprint density at radius 3 is 0.833 bits per heavy atom. The topological polar surface area (TPSA) is 6.48 Å². The van der Waals surface area contributed by atoms with E-state index in [2.05, 4.69) is 43.0 Å². The molecule has 1 unspecified atom stereocenters. The van der Waals surface area contributed by atoms with Crippen molar-refractivity contribution in [1.29, 1.82) is 0 Å². The van der Waals surface area contributed by atoms with E-state index in [0.717, 1.165) is 0 Å². The highest BCUT2D eigenvalue weighted by molar-refractivity contribution is 4.97. The predicted octanol–water partition coefficient (Wildman–Crippen LogP) is 13.9. The average molecular weight is 589 g/mol. The van der Waals surface area contributed by atoms with Gasteiger partial charge < -0.3 is 9.80 Å². The van der Waals surface area contributed by atoms with Gasteiger partial charge in [-0.1, -0.05) is 201 Å². The van der Waals surface area contributed by atoms with Gasteiger partial charge in [0.25, 0.3) is 0 Å². The van der Waals surface area contributed by atoms with E-state index in [1.165, 1.54) is 219 Å². The highest BCUT2D eigenvalue weighted by Gasteiger charge is 2.24. The van der Waals surface area contributed by atoms with Crippen molar-refractivity contribution in [2.24, 2.45) is 0 Å². The maximum absolute atomic E-state index is 2.71. The first-order valence-corrected chi connectivity index (χ1v) is 20.0. The van der Waals surface area contributed by atoms with Crippen molar-refractivity contribution in [3.05, 3.63) is 12.4 Å². The van der Waals surface area contributed by atoms with Crippen molar-refractivity contribution in [3.63, 3.8) is 0 Å². The molecule has 0 amide bonds. The van der Waals surface area contributed by atoms with Crippen molar-refractivity contribution < 1.29 is 0 Å². The van der Waals surface area contributed by atoms with Crippen LogP contribution in [0, 0.1) is 0 Å². The molecular weight excluding hydrogens is 508 g/mol. The largest absolute Gasteiger partial charge is 0.356 e. The molecule has 2 heteroatoms. The summed E-state index contributed by atoms with van der Waals surface area (Å²) in [5.41, 5.74) is 0. The van der Waals surface area contributed by atoms with Gasteiger partial charge in [0.2, 0.25) is 0 Å². The minimum absolute atomic E-state index is 0.640. The third-order valence-electron chi connectivity index (χ3n) is 9.82. The van der Waals surface area contributed by atoms with Crippen LogP contribution in [0.5, 0.6) is 0 Å². The van der Waals surface area contributed by atoms with Gasteiger partial charge in [-0.25, -0.2) is 0 Å². The SMILES string of the molecule is CCCCCCCCCCCCCCCCN1C=CN(CCCCCCC)C1CCCCCCCCCCCCCC. The number of unbranched alkanes of at least 4 members (excludes halogenated alkanes) is 28. The number of hydrogen-bond acceptors (Lipinski definition) is 2. The first kappa shape index (κ1) is 39.4. The van der Waals surface area contributed by atoms with E-state index in [1.807, 2.05) is 0 Å². The zero-order chi connectivity index (χ0) is 30.2. The molecule has 1 heterocycles. The average Bonchev–Trinajstić information content (AvgIpc) is 3.38. The van der Waals surface area contributed by atoms with Gasteiger partial charge in [0.1, 0.15) is 6.17 Å². The second kappa shape index (κ2) is 31.8. The van der Waals surface area contributed by atoms with E-state index in [1.54, 1.807) is 0 Å². The molecule has 1 rings (SSSR count). The lowest BCUT2D eigenvalue weighted by atomic mass is 10.0. The molecule has 0 N–H and O–H groups in total. The summed E-state index contributed by atoms with van der Waals surface area (Å²) >= 11 is 0. The molecule has 0 aromatic carbocycles. The first-order chi connectivity index (χ1) is 20.8. The second-order valence-corrected chi connectivity index (χ2v) is 13.9. The Hall–Kier alpha value is -0.660. The molecule has 0 fully saturated rings. The Morgan fingerprint density at radius 1 is 0.310 bits per heavy atom. The van der Waals surface area contributed by atoms with Crippen molar-refractivity contribution in [3.8, 4) is 0 Å². The molecule has 250 valence electrons. The predicted molar refractivity (Wildman–Crippen MR) is 191 cm³/mol. The standard InChI is InChI=1S/C40H80N2/c1-4-7-10-13-15-17-19-21-22-24-26-28-31-34-37-42-39-38-41(36-33-30-12-9-6-3)40(42)35-32-29-27-25-23-20-18-16-14-11-8-5-2/h38-40H,4-37H2,1-3H3. The van der Waals surface area contributed by atoms with E-state index < -0.39 is 0 Å². The van der Waals surface area contributed by atoms with Gasteiger partial charge >= 0.3 is 0 Å². The Bertz CT molecular complexity index is 544. The van der Waals surface area contributed by atoms with Crippen LogP contribution in [0.15, 0.2) is 12.4 Å². The Morgan fingerprint density at radius 2 is 0.548 bits per heavy atom. The molecule has 1 aliphatic heterocycles. The number of hydrogen-bond donors (Lipinski definition) is 0. The van der Waals surface area contributed by atoms with E-state index in [0.29, 0.717) is 6.17 Å². The lowest BCUT2D eigenvalue weighted by Gasteiger charge is -2.33. The van der Waals surface area contributed by atoms with Gasteiger partial charge in [-0.15, -0.1) is 0 Å². The molecule has 2 nitrogen and oxygen atoms in total. The van der Waals surface area contributed by atoms with Crippen LogP contribution in [0.3, 0.4) is 0 Å². The van der Waals surface area contributed by atoms with Crippen LogP contribution >= 0.6 is 0 Å². The van der Waals surface area contributed by atoms with Gasteiger partial charge in [0.15, 0.2) is 0 Å². The summed E-state index contributed by atoms with van der Waals surface area (Å²) in [6, 6.07) is 0. The lowest BCUT2D eigenvalue weighted by Crippen LogP contribution is -2.39. The minimum atomic E-state index is 0.640. The van der Waals surface area contributed by atoms with Crippen LogP contribution in [0.25, 0.3) is 0 Å². The summed E-state index contributed by atoms with van der Waals surface area (Å²) in [5.74, 6) is 0. The van der Waals surface area contributed by atoms with Crippen molar-refractivity contribution in [2.75, 3.05) is 13.1 Å². The minimum Gasteiger partial charge on any atom is -0.356 e. The number of rotatable bonds is 34. The molecular formula is C40H80N2. The zero-order valence-corrected chi connectivity index (χ0v) is 29.7. The second-order valence-electron chi connectivity index (χ2n) is 13.9. The first-order valence-electron chi connectivity index (χ1n) is 20.0. The molecule has 0 aromatic heterocycles. The molecule has 0 aromatic rings. The molecule has 1 aliphatic rings. The van der Waals surface area contributed by atoms with Crippen LogP contribution in [0.4, 0.5) is 0 Å². The molecule has 1 atom stereocenters. The van der Waals surface area contributed by atoms with E-state index in [-0.39, 0.29) is 0 Å². The lowest BCUT2D eigenvalue weighted by molar-refractivity contribution is 0.135. The molecule has 0 spiro atoms. The van der Waals surface area contributed by atoms with Gasteiger partial charge in [-0.2, -0.15) is 0 Å². The Kier molecular flexibility index (Phi) is 29.8. The summed E-state index contributed by atoms with van der Waals surface area (Å²) < 4.78 is 0. The highest BCUT2D eigenvalue weighted by atomic mass is 15.4. The van der Waals surface area contributed by atoms with Crippen LogP contribution in [0.2, 0.25) is 0 Å². The highest BCUT2D eigenvalue weighted by Crippen LogP contribution is 2.24. The van der Waals surface area contributed by atoms with E-state index in [4.69, 9.17) is 0 Å². The summed E-state index contributed by atoms with van der Waals surface area (Å²) in [5, 5.41) is 0. The van der Waals surface area contributed by atoms with Crippen LogP contribution in [-0.4, -0.2) is 29.1 Å². The van der Waals surface area contributed by atoms with Crippen LogP contribution in [-0.2, 0) is 0 Å². The third-order valence-corrected chi connectivity index (χ3v) is 9.82. The maximum Gasteiger partial charge on any atom is 0.101 e. The van der Waals surface area contributed by atoms with Crippen LogP contribution < -0.4 is 0 Å². The van der Waals surface area contributed by atoms with Crippen molar-refractivity contribution >= 4 is 0 Å². The van der Waals surface area contributed by atoms with Crippen LogP contribution in [0.1, 0.15) is 226 Å². The summed E-state index contributed by atoms with van der Waals surface area (Å²) in [6.07, 6.45) is 51.4. The fourth-order valence-corrected chi connectivity index (χ4v) is 6.89. The monoisotopic (exact) mass is 589 g/mol. The fraction of sp³-hybridized carbons (Fsp3) is 0.950. The molecule has 42 heavy (non-hydrogen) atoms. The zero-order valence-electron chi connectivity index (χ0n) is 29.7. The van der Waals surface area contributed by atoms with Gasteiger partial charge in [-0.05, 0) is 25.7 Å². The molecule has 0 saturated carbocycles. The molecule has 0 saturated heterocycles. The summed E-state index contributed by atoms with van der Waals surface area (Å²) in [4.78, 5) is 5.42. The summed E-state index contributed by atoms with van der Waals surface area (Å²) in [6.45, 7) is 9.48. The fourth-order valence-electron chi connectivity index (χ4n) is 6.89. The van der Waals surface area contributed by atoms with Gasteiger partial charge in [0.05, 0.1) is 0 Å². The van der Waals surface area contributed by atoms with E-state index in [9.17, 15) is 0 Å². The smallest absolute Gasteiger partial charge is 0.101 e. The molecule has 0 bridgehead atoms. The molecule has 0 radical (unpaired) electrons.